The minimum atomic E-state index is -0.217. The molecule has 0 radical (unpaired) electrons. The van der Waals surface area contributed by atoms with E-state index in [1.54, 1.807) is 24.3 Å². The Bertz CT molecular complexity index is 810. The van der Waals surface area contributed by atoms with Crippen LogP contribution in [0.5, 0.6) is 0 Å². The van der Waals surface area contributed by atoms with E-state index in [0.29, 0.717) is 11.3 Å². The molecule has 1 fully saturated rings. The maximum absolute atomic E-state index is 12.4. The fraction of sp³-hybridized carbons (Fsp3) is 0.333. The van der Waals surface area contributed by atoms with E-state index in [-0.39, 0.29) is 18.0 Å². The number of amides is 3. The summed E-state index contributed by atoms with van der Waals surface area (Å²) in [6, 6.07) is 15.2. The van der Waals surface area contributed by atoms with Crippen molar-refractivity contribution in [2.75, 3.05) is 18.4 Å². The van der Waals surface area contributed by atoms with Gasteiger partial charge in [-0.3, -0.25) is 4.79 Å². The SMILES string of the molecule is O=C(Nc1ccc(C(=O)N2CCCC2)cc1)N[C@@H]1CCc2ccccc21. The highest BCUT2D eigenvalue weighted by Gasteiger charge is 2.23. The Morgan fingerprint density at radius 3 is 2.46 bits per heavy atom. The Morgan fingerprint density at radius 2 is 1.69 bits per heavy atom. The molecule has 0 unspecified atom stereocenters. The Balaban J connectivity index is 1.35. The normalized spacial score (nSPS) is 18.5. The van der Waals surface area contributed by atoms with Gasteiger partial charge in [-0.2, -0.15) is 0 Å². The maximum Gasteiger partial charge on any atom is 0.319 e. The minimum absolute atomic E-state index is 0.0576. The molecule has 1 heterocycles. The van der Waals surface area contributed by atoms with Crippen LogP contribution in [0.25, 0.3) is 0 Å². The van der Waals surface area contributed by atoms with Gasteiger partial charge in [-0.1, -0.05) is 24.3 Å². The predicted molar refractivity (Wildman–Crippen MR) is 101 cm³/mol. The van der Waals surface area contributed by atoms with Gasteiger partial charge in [-0.15, -0.1) is 0 Å². The second-order valence-electron chi connectivity index (χ2n) is 6.97. The molecule has 0 spiro atoms. The van der Waals surface area contributed by atoms with Gasteiger partial charge in [-0.25, -0.2) is 4.79 Å². The van der Waals surface area contributed by atoms with Crippen molar-refractivity contribution in [3.05, 3.63) is 65.2 Å². The summed E-state index contributed by atoms with van der Waals surface area (Å²) in [4.78, 5) is 26.5. The first-order valence-electron chi connectivity index (χ1n) is 9.25. The first-order chi connectivity index (χ1) is 12.7. The molecule has 5 nitrogen and oxygen atoms in total. The lowest BCUT2D eigenvalue weighted by Gasteiger charge is -2.16. The number of hydrogen-bond acceptors (Lipinski definition) is 2. The summed E-state index contributed by atoms with van der Waals surface area (Å²) in [5, 5.41) is 5.90. The molecule has 2 N–H and O–H groups in total. The fourth-order valence-electron chi connectivity index (χ4n) is 3.83. The Labute approximate surface area is 153 Å². The summed E-state index contributed by atoms with van der Waals surface area (Å²) in [5.41, 5.74) is 3.87. The highest BCUT2D eigenvalue weighted by atomic mass is 16.2. The van der Waals surface area contributed by atoms with Gasteiger partial charge in [-0.05, 0) is 61.1 Å². The molecular weight excluding hydrogens is 326 g/mol. The third-order valence-corrected chi connectivity index (χ3v) is 5.22. The minimum Gasteiger partial charge on any atom is -0.339 e. The van der Waals surface area contributed by atoms with E-state index in [1.807, 2.05) is 17.0 Å². The number of aryl methyl sites for hydroxylation is 1. The number of likely N-dealkylation sites (tertiary alicyclic amines) is 1. The Morgan fingerprint density at radius 1 is 0.962 bits per heavy atom. The summed E-state index contributed by atoms with van der Waals surface area (Å²) in [6.45, 7) is 1.67. The van der Waals surface area contributed by atoms with Crippen molar-refractivity contribution in [2.45, 2.75) is 31.7 Å². The molecule has 26 heavy (non-hydrogen) atoms. The molecule has 0 bridgehead atoms. The summed E-state index contributed by atoms with van der Waals surface area (Å²) in [6.07, 6.45) is 4.08. The van der Waals surface area contributed by atoms with Gasteiger partial charge in [0.2, 0.25) is 0 Å². The van der Waals surface area contributed by atoms with Gasteiger partial charge in [0, 0.05) is 24.3 Å². The number of nitrogens with zero attached hydrogens (tertiary/aromatic N) is 1. The van der Waals surface area contributed by atoms with Crippen LogP contribution in [0.3, 0.4) is 0 Å². The summed E-state index contributed by atoms with van der Waals surface area (Å²) in [5.74, 6) is 0.0704. The van der Waals surface area contributed by atoms with E-state index < -0.39 is 0 Å². The molecular formula is C21H23N3O2. The molecule has 1 aliphatic carbocycles. The van der Waals surface area contributed by atoms with Gasteiger partial charge in [0.15, 0.2) is 0 Å². The van der Waals surface area contributed by atoms with Crippen molar-refractivity contribution in [1.82, 2.24) is 10.2 Å². The number of carbonyl (C=O) groups is 2. The van der Waals surface area contributed by atoms with Crippen LogP contribution in [0, 0.1) is 0 Å². The smallest absolute Gasteiger partial charge is 0.319 e. The topological polar surface area (TPSA) is 61.4 Å². The Hall–Kier alpha value is -2.82. The molecule has 0 saturated carbocycles. The predicted octanol–water partition coefficient (Wildman–Crippen LogP) is 3.73. The third-order valence-electron chi connectivity index (χ3n) is 5.22. The zero-order valence-corrected chi connectivity index (χ0v) is 14.7. The van der Waals surface area contributed by atoms with Gasteiger partial charge in [0.1, 0.15) is 0 Å². The van der Waals surface area contributed by atoms with E-state index >= 15 is 0 Å². The quantitative estimate of drug-likeness (QED) is 0.887. The average Bonchev–Trinajstić information content (AvgIpc) is 3.32. The van der Waals surface area contributed by atoms with Crippen LogP contribution >= 0.6 is 0 Å². The fourth-order valence-corrected chi connectivity index (χ4v) is 3.83. The largest absolute Gasteiger partial charge is 0.339 e. The molecule has 5 heteroatoms. The van der Waals surface area contributed by atoms with Crippen LogP contribution in [0.4, 0.5) is 10.5 Å². The van der Waals surface area contributed by atoms with Crippen LogP contribution in [-0.2, 0) is 6.42 Å². The zero-order valence-electron chi connectivity index (χ0n) is 14.7. The lowest BCUT2D eigenvalue weighted by atomic mass is 10.1. The third kappa shape index (κ3) is 3.43. The number of carbonyl (C=O) groups excluding carboxylic acids is 2. The number of fused-ring (bicyclic) bond motifs is 1. The van der Waals surface area contributed by atoms with E-state index in [1.165, 1.54) is 11.1 Å². The van der Waals surface area contributed by atoms with Crippen molar-refractivity contribution in [2.24, 2.45) is 0 Å². The molecule has 134 valence electrons. The molecule has 2 aliphatic rings. The van der Waals surface area contributed by atoms with Crippen LogP contribution in [0.1, 0.15) is 46.8 Å². The molecule has 1 saturated heterocycles. The van der Waals surface area contributed by atoms with E-state index in [0.717, 1.165) is 38.8 Å². The summed E-state index contributed by atoms with van der Waals surface area (Å²) < 4.78 is 0. The number of urea groups is 1. The van der Waals surface area contributed by atoms with Gasteiger partial charge >= 0.3 is 6.03 Å². The van der Waals surface area contributed by atoms with Gasteiger partial charge in [0.05, 0.1) is 6.04 Å². The molecule has 2 aromatic rings. The summed E-state index contributed by atoms with van der Waals surface area (Å²) in [7, 11) is 0. The van der Waals surface area contributed by atoms with Crippen molar-refractivity contribution >= 4 is 17.6 Å². The van der Waals surface area contributed by atoms with Crippen molar-refractivity contribution in [1.29, 1.82) is 0 Å². The van der Waals surface area contributed by atoms with E-state index in [2.05, 4.69) is 22.8 Å². The lowest BCUT2D eigenvalue weighted by molar-refractivity contribution is 0.0793. The van der Waals surface area contributed by atoms with Crippen molar-refractivity contribution < 1.29 is 9.59 Å². The standard InChI is InChI=1S/C21H23N3O2/c25-20(24-13-3-4-14-24)16-7-10-17(11-8-16)22-21(26)23-19-12-9-15-5-1-2-6-18(15)19/h1-2,5-8,10-11,19H,3-4,9,12-14H2,(H2,22,23,26)/t19-/m1/s1. The summed E-state index contributed by atoms with van der Waals surface area (Å²) >= 11 is 0. The van der Waals surface area contributed by atoms with Crippen LogP contribution in [0.2, 0.25) is 0 Å². The Kier molecular flexibility index (Phi) is 4.61. The highest BCUT2D eigenvalue weighted by molar-refractivity contribution is 5.95. The molecule has 0 aromatic heterocycles. The van der Waals surface area contributed by atoms with Crippen molar-refractivity contribution in [3.63, 3.8) is 0 Å². The highest BCUT2D eigenvalue weighted by Crippen LogP contribution is 2.30. The number of anilines is 1. The van der Waals surface area contributed by atoms with Gasteiger partial charge < -0.3 is 15.5 Å². The van der Waals surface area contributed by atoms with Crippen molar-refractivity contribution in [3.8, 4) is 0 Å². The maximum atomic E-state index is 12.4. The number of rotatable bonds is 3. The van der Waals surface area contributed by atoms with Crippen LogP contribution in [0.15, 0.2) is 48.5 Å². The zero-order chi connectivity index (χ0) is 17.9. The molecule has 1 aliphatic heterocycles. The average molecular weight is 349 g/mol. The first kappa shape index (κ1) is 16.6. The lowest BCUT2D eigenvalue weighted by Crippen LogP contribution is -2.31. The van der Waals surface area contributed by atoms with E-state index in [4.69, 9.17) is 0 Å². The monoisotopic (exact) mass is 349 g/mol. The molecule has 3 amide bonds. The molecule has 1 atom stereocenters. The second kappa shape index (κ2) is 7.20. The van der Waals surface area contributed by atoms with Crippen LogP contribution in [-0.4, -0.2) is 29.9 Å². The first-order valence-corrected chi connectivity index (χ1v) is 9.25. The number of benzene rings is 2. The van der Waals surface area contributed by atoms with Gasteiger partial charge in [0.25, 0.3) is 5.91 Å². The number of hydrogen-bond donors (Lipinski definition) is 2. The molecule has 2 aromatic carbocycles. The second-order valence-corrected chi connectivity index (χ2v) is 6.97. The van der Waals surface area contributed by atoms with E-state index in [9.17, 15) is 9.59 Å². The number of nitrogens with one attached hydrogen (secondary N) is 2. The van der Waals surface area contributed by atoms with Crippen LogP contribution < -0.4 is 10.6 Å². The molecule has 4 rings (SSSR count).